The second kappa shape index (κ2) is 68.1. The SMILES string of the molecule is CC/C=C\C/C=C\C/C=C\C/C=C\CCCCCCCCCCC(=O)OC(COC(=O)CCCCCCC/C=C\CCCCC)COC(=O)CCCCCCCCCCCCCCCCCCC/C=C\C/C=C\CCCCCCC. The molecule has 6 nitrogen and oxygen atoms in total. The fraction of sp³-hybridized carbons (Fsp3) is 0.770. The van der Waals surface area contributed by atoms with E-state index in [0.29, 0.717) is 19.3 Å². The molecule has 0 N–H and O–H groups in total. The third-order valence-corrected chi connectivity index (χ3v) is 15.1. The zero-order valence-corrected chi connectivity index (χ0v) is 53.1. The average molecular weight is 1120 g/mol. The molecule has 1 atom stereocenters. The van der Waals surface area contributed by atoms with Gasteiger partial charge in [-0.25, -0.2) is 0 Å². The molecule has 0 aromatic carbocycles. The second-order valence-corrected chi connectivity index (χ2v) is 23.1. The van der Waals surface area contributed by atoms with Gasteiger partial charge in [0, 0.05) is 19.3 Å². The Bertz CT molecular complexity index is 1520. The summed E-state index contributed by atoms with van der Waals surface area (Å²) in [5, 5.41) is 0. The summed E-state index contributed by atoms with van der Waals surface area (Å²) in [5.74, 6) is -0.882. The van der Waals surface area contributed by atoms with E-state index in [1.807, 2.05) is 0 Å². The molecule has 0 fully saturated rings. The maximum atomic E-state index is 12.9. The van der Waals surface area contributed by atoms with Gasteiger partial charge in [-0.2, -0.15) is 0 Å². The van der Waals surface area contributed by atoms with Gasteiger partial charge >= 0.3 is 17.9 Å². The molecule has 0 bridgehead atoms. The van der Waals surface area contributed by atoms with E-state index in [9.17, 15) is 14.4 Å². The minimum atomic E-state index is -0.785. The van der Waals surface area contributed by atoms with Gasteiger partial charge in [0.1, 0.15) is 13.2 Å². The molecule has 80 heavy (non-hydrogen) atoms. The van der Waals surface area contributed by atoms with Gasteiger partial charge in [-0.15, -0.1) is 0 Å². The zero-order chi connectivity index (χ0) is 57.8. The fourth-order valence-corrected chi connectivity index (χ4v) is 9.93. The lowest BCUT2D eigenvalue weighted by atomic mass is 10.0. The first kappa shape index (κ1) is 76.6. The molecule has 462 valence electrons. The van der Waals surface area contributed by atoms with Gasteiger partial charge in [0.2, 0.25) is 0 Å². The second-order valence-electron chi connectivity index (χ2n) is 23.1. The summed E-state index contributed by atoms with van der Waals surface area (Å²) in [4.78, 5) is 38.4. The lowest BCUT2D eigenvalue weighted by Gasteiger charge is -2.18. The molecular weight excluding hydrogens is 985 g/mol. The van der Waals surface area contributed by atoms with Gasteiger partial charge in [0.25, 0.3) is 0 Å². The van der Waals surface area contributed by atoms with Crippen LogP contribution < -0.4 is 0 Å². The average Bonchev–Trinajstić information content (AvgIpc) is 3.46. The van der Waals surface area contributed by atoms with E-state index in [2.05, 4.69) is 106 Å². The predicted molar refractivity (Wildman–Crippen MR) is 348 cm³/mol. The summed E-state index contributed by atoms with van der Waals surface area (Å²) < 4.78 is 16.9. The number of esters is 3. The summed E-state index contributed by atoms with van der Waals surface area (Å²) in [6.45, 7) is 6.52. The Balaban J connectivity index is 4.22. The van der Waals surface area contributed by atoms with Crippen molar-refractivity contribution in [3.8, 4) is 0 Å². The van der Waals surface area contributed by atoms with E-state index < -0.39 is 6.10 Å². The molecule has 0 aliphatic heterocycles. The molecule has 0 amide bonds. The molecule has 0 heterocycles. The zero-order valence-electron chi connectivity index (χ0n) is 53.1. The van der Waals surface area contributed by atoms with Crippen molar-refractivity contribution >= 4 is 17.9 Å². The summed E-state index contributed by atoms with van der Waals surface area (Å²) in [6.07, 6.45) is 90.4. The number of ether oxygens (including phenoxy) is 3. The van der Waals surface area contributed by atoms with Crippen molar-refractivity contribution in [1.29, 1.82) is 0 Å². The number of hydrogen-bond donors (Lipinski definition) is 0. The third kappa shape index (κ3) is 65.4. The van der Waals surface area contributed by atoms with Crippen LogP contribution in [0.5, 0.6) is 0 Å². The van der Waals surface area contributed by atoms with Crippen LogP contribution in [0.2, 0.25) is 0 Å². The van der Waals surface area contributed by atoms with Crippen LogP contribution >= 0.6 is 0 Å². The Kier molecular flexibility index (Phi) is 65.2. The molecule has 1 unspecified atom stereocenters. The topological polar surface area (TPSA) is 78.9 Å². The summed E-state index contributed by atoms with van der Waals surface area (Å²) in [6, 6.07) is 0. The highest BCUT2D eigenvalue weighted by molar-refractivity contribution is 5.71. The van der Waals surface area contributed by atoms with E-state index in [1.165, 1.54) is 205 Å². The Hall–Kier alpha value is -3.41. The number of hydrogen-bond acceptors (Lipinski definition) is 6. The molecule has 0 aliphatic carbocycles. The van der Waals surface area contributed by atoms with Gasteiger partial charge in [0.05, 0.1) is 0 Å². The largest absolute Gasteiger partial charge is 0.462 e. The Labute approximate surface area is 496 Å². The molecular formula is C74H130O6. The number of carbonyl (C=O) groups is 3. The molecule has 0 spiro atoms. The highest BCUT2D eigenvalue weighted by Gasteiger charge is 2.19. The first-order chi connectivity index (χ1) is 39.5. The molecule has 0 saturated heterocycles. The standard InChI is InChI=1S/C74H130O6/c1-4-7-10-13-16-19-22-25-27-29-31-33-34-35-36-37-38-39-40-42-43-45-47-49-52-55-58-61-64-67-73(76)79-70-71(69-78-72(75)66-63-60-57-54-51-24-21-18-15-12-9-6-3)80-74(77)68-65-62-59-56-53-50-48-46-44-41-32-30-28-26-23-20-17-14-11-8-5-2/h8,11,17-18,20-22,25-26,28-29,31-32,41,71H,4-7,9-10,12-16,19,23-24,27,30,33-40,42-70H2,1-3H3/b11-8-,20-17-,21-18-,25-22-,28-26-,31-29-,41-32-. The fourth-order valence-electron chi connectivity index (χ4n) is 9.93. The lowest BCUT2D eigenvalue weighted by Crippen LogP contribution is -2.30. The number of carbonyl (C=O) groups excluding carboxylic acids is 3. The smallest absolute Gasteiger partial charge is 0.306 e. The van der Waals surface area contributed by atoms with E-state index in [-0.39, 0.29) is 31.1 Å². The van der Waals surface area contributed by atoms with Gasteiger partial charge in [-0.1, -0.05) is 298 Å². The van der Waals surface area contributed by atoms with E-state index in [0.717, 1.165) is 103 Å². The minimum absolute atomic E-state index is 0.0799. The van der Waals surface area contributed by atoms with Crippen molar-refractivity contribution < 1.29 is 28.6 Å². The van der Waals surface area contributed by atoms with Crippen LogP contribution in [0.25, 0.3) is 0 Å². The Morgan fingerprint density at radius 1 is 0.263 bits per heavy atom. The molecule has 0 aromatic heterocycles. The molecule has 0 aromatic rings. The highest BCUT2D eigenvalue weighted by atomic mass is 16.6. The van der Waals surface area contributed by atoms with Crippen LogP contribution in [0.15, 0.2) is 85.1 Å². The van der Waals surface area contributed by atoms with Crippen LogP contribution in [0.1, 0.15) is 348 Å². The monoisotopic (exact) mass is 1110 g/mol. The van der Waals surface area contributed by atoms with Crippen LogP contribution in [0.4, 0.5) is 0 Å². The van der Waals surface area contributed by atoms with Crippen LogP contribution in [0.3, 0.4) is 0 Å². The van der Waals surface area contributed by atoms with Crippen molar-refractivity contribution in [2.24, 2.45) is 0 Å². The normalized spacial score (nSPS) is 12.6. The van der Waals surface area contributed by atoms with Crippen LogP contribution in [0, 0.1) is 0 Å². The first-order valence-electron chi connectivity index (χ1n) is 34.6. The van der Waals surface area contributed by atoms with E-state index in [4.69, 9.17) is 14.2 Å². The number of allylic oxidation sites excluding steroid dienone is 14. The maximum absolute atomic E-state index is 12.9. The van der Waals surface area contributed by atoms with Gasteiger partial charge < -0.3 is 14.2 Å². The van der Waals surface area contributed by atoms with Crippen molar-refractivity contribution in [2.45, 2.75) is 354 Å². The van der Waals surface area contributed by atoms with E-state index in [1.54, 1.807) is 0 Å². The van der Waals surface area contributed by atoms with Crippen molar-refractivity contribution in [3.05, 3.63) is 85.1 Å². The van der Waals surface area contributed by atoms with Crippen molar-refractivity contribution in [2.75, 3.05) is 13.2 Å². The highest BCUT2D eigenvalue weighted by Crippen LogP contribution is 2.17. The van der Waals surface area contributed by atoms with Gasteiger partial charge in [-0.05, 0) is 116 Å². The predicted octanol–water partition coefficient (Wildman–Crippen LogP) is 23.8. The van der Waals surface area contributed by atoms with Gasteiger partial charge in [-0.3, -0.25) is 14.4 Å². The number of unbranched alkanes of at least 4 members (excludes halogenated alkanes) is 38. The van der Waals surface area contributed by atoms with Crippen molar-refractivity contribution in [3.63, 3.8) is 0 Å². The Morgan fingerprint density at radius 2 is 0.487 bits per heavy atom. The van der Waals surface area contributed by atoms with Crippen molar-refractivity contribution in [1.82, 2.24) is 0 Å². The summed E-state index contributed by atoms with van der Waals surface area (Å²) >= 11 is 0. The van der Waals surface area contributed by atoms with Gasteiger partial charge in [0.15, 0.2) is 6.10 Å². The summed E-state index contributed by atoms with van der Waals surface area (Å²) in [5.41, 5.74) is 0. The molecule has 0 radical (unpaired) electrons. The number of rotatable bonds is 63. The molecule has 0 aliphatic rings. The lowest BCUT2D eigenvalue weighted by molar-refractivity contribution is -0.167. The minimum Gasteiger partial charge on any atom is -0.462 e. The molecule has 6 heteroatoms. The van der Waals surface area contributed by atoms with Crippen LogP contribution in [-0.4, -0.2) is 37.2 Å². The quantitative estimate of drug-likeness (QED) is 0.0261. The summed E-state index contributed by atoms with van der Waals surface area (Å²) in [7, 11) is 0. The molecule has 0 saturated carbocycles. The third-order valence-electron chi connectivity index (χ3n) is 15.1. The maximum Gasteiger partial charge on any atom is 0.306 e. The molecule has 0 rings (SSSR count). The first-order valence-corrected chi connectivity index (χ1v) is 34.6. The Morgan fingerprint density at radius 3 is 0.800 bits per heavy atom. The van der Waals surface area contributed by atoms with E-state index >= 15 is 0 Å². The van der Waals surface area contributed by atoms with Crippen LogP contribution in [-0.2, 0) is 28.6 Å².